The van der Waals surface area contributed by atoms with Crippen molar-refractivity contribution in [2.75, 3.05) is 0 Å². The van der Waals surface area contributed by atoms with E-state index >= 15 is 0 Å². The van der Waals surface area contributed by atoms with Gasteiger partial charge in [0.25, 0.3) is 0 Å². The van der Waals surface area contributed by atoms with Crippen molar-refractivity contribution in [3.63, 3.8) is 0 Å². The molecule has 1 aliphatic rings. The molecule has 9 aromatic rings. The molecule has 0 unspecified atom stereocenters. The summed E-state index contributed by atoms with van der Waals surface area (Å²) in [4.78, 5) is 18.5. The Bertz CT molecular complexity index is 3220. The predicted molar refractivity (Wildman–Crippen MR) is 269 cm³/mol. The van der Waals surface area contributed by atoms with Crippen molar-refractivity contribution < 1.29 is 4.74 Å². The number of para-hydroxylation sites is 2. The quantitative estimate of drug-likeness (QED) is 0.150. The second-order valence-corrected chi connectivity index (χ2v) is 19.2. The molecule has 2 heterocycles. The van der Waals surface area contributed by atoms with Crippen LogP contribution in [0.15, 0.2) is 194 Å². The Hall–Kier alpha value is -7.94. The van der Waals surface area contributed by atoms with Gasteiger partial charge >= 0.3 is 0 Å². The van der Waals surface area contributed by atoms with Gasteiger partial charge in [0.05, 0.1) is 12.0 Å². The van der Waals surface area contributed by atoms with Gasteiger partial charge in [-0.25, -0.2) is 19.8 Å². The molecule has 5 nitrogen and oxygen atoms in total. The molecule has 5 heteroatoms. The molecular weight excluding hydrogens is 805 g/mol. The van der Waals surface area contributed by atoms with E-state index in [1.54, 1.807) is 12.1 Å². The van der Waals surface area contributed by atoms with Crippen LogP contribution in [-0.4, -0.2) is 15.0 Å². The van der Waals surface area contributed by atoms with E-state index in [0.717, 1.165) is 61.6 Å². The standard InChI is InChI=1S/C61H50N4O/c1-59(2,3)46-28-32-48(33-29-46)61(49-34-30-47(31-35-49)60(4,5)6)52-23-11-12-25-54(52)66-55-51(22-15-24-53(55)61)44-20-13-18-42(38-44)43-19-14-21-45(39-43)58-64-56(40-16-9-8-10-17-40)63-57(65-58)41-26-36-50(62-7)37-27-41/h8-39H,1-6H3. The van der Waals surface area contributed by atoms with Gasteiger partial charge in [0.1, 0.15) is 11.5 Å². The summed E-state index contributed by atoms with van der Waals surface area (Å²) in [5.74, 6) is 3.38. The fourth-order valence-electron chi connectivity index (χ4n) is 9.26. The van der Waals surface area contributed by atoms with E-state index in [-0.39, 0.29) is 10.8 Å². The Balaban J connectivity index is 1.11. The van der Waals surface area contributed by atoms with Crippen LogP contribution in [0.25, 0.3) is 61.3 Å². The third-order valence-electron chi connectivity index (χ3n) is 12.8. The maximum absolute atomic E-state index is 7.43. The van der Waals surface area contributed by atoms with Crippen LogP contribution in [0.2, 0.25) is 0 Å². The van der Waals surface area contributed by atoms with Crippen LogP contribution in [0, 0.1) is 6.57 Å². The van der Waals surface area contributed by atoms with E-state index in [9.17, 15) is 0 Å². The monoisotopic (exact) mass is 854 g/mol. The van der Waals surface area contributed by atoms with E-state index in [1.807, 2.05) is 48.5 Å². The zero-order valence-electron chi connectivity index (χ0n) is 38.2. The van der Waals surface area contributed by atoms with Gasteiger partial charge in [0.2, 0.25) is 0 Å². The molecule has 0 saturated heterocycles. The highest BCUT2D eigenvalue weighted by atomic mass is 16.5. The van der Waals surface area contributed by atoms with E-state index in [4.69, 9.17) is 26.3 Å². The van der Waals surface area contributed by atoms with Crippen LogP contribution in [0.1, 0.15) is 74.9 Å². The first kappa shape index (κ1) is 42.0. The number of hydrogen-bond acceptors (Lipinski definition) is 4. The number of benzene rings is 8. The summed E-state index contributed by atoms with van der Waals surface area (Å²) < 4.78 is 7.11. The summed E-state index contributed by atoms with van der Waals surface area (Å²) in [6.07, 6.45) is 0. The molecular formula is C61H50N4O. The molecule has 0 fully saturated rings. The molecule has 66 heavy (non-hydrogen) atoms. The van der Waals surface area contributed by atoms with Crippen molar-refractivity contribution in [1.82, 2.24) is 15.0 Å². The first-order chi connectivity index (χ1) is 31.9. The number of ether oxygens (including phenoxy) is 1. The van der Waals surface area contributed by atoms with Gasteiger partial charge < -0.3 is 4.74 Å². The van der Waals surface area contributed by atoms with Crippen molar-refractivity contribution in [3.8, 4) is 67.9 Å². The Kier molecular flexibility index (Phi) is 10.5. The summed E-state index contributed by atoms with van der Waals surface area (Å²) in [5, 5.41) is 0. The van der Waals surface area contributed by atoms with Crippen molar-refractivity contribution in [3.05, 3.63) is 239 Å². The van der Waals surface area contributed by atoms with Crippen molar-refractivity contribution in [2.24, 2.45) is 0 Å². The fraction of sp³-hybridized carbons (Fsp3) is 0.148. The van der Waals surface area contributed by atoms with Gasteiger partial charge in [-0.2, -0.15) is 0 Å². The Labute approximate surface area is 388 Å². The molecule has 0 spiro atoms. The average molecular weight is 855 g/mol. The molecule has 10 rings (SSSR count). The van der Waals surface area contributed by atoms with Crippen LogP contribution in [0.4, 0.5) is 5.69 Å². The first-order valence-electron chi connectivity index (χ1n) is 22.5. The minimum absolute atomic E-state index is 0.00950. The number of rotatable bonds is 7. The maximum Gasteiger partial charge on any atom is 0.187 e. The summed E-state index contributed by atoms with van der Waals surface area (Å²) in [6, 6.07) is 68.1. The van der Waals surface area contributed by atoms with Crippen molar-refractivity contribution in [1.29, 1.82) is 0 Å². The molecule has 1 aliphatic heterocycles. The molecule has 0 N–H and O–H groups in total. The summed E-state index contributed by atoms with van der Waals surface area (Å²) >= 11 is 0. The van der Waals surface area contributed by atoms with E-state index in [1.165, 1.54) is 22.3 Å². The average Bonchev–Trinajstić information content (AvgIpc) is 3.35. The number of fused-ring (bicyclic) bond motifs is 2. The molecule has 1 aromatic heterocycles. The van der Waals surface area contributed by atoms with Gasteiger partial charge in [-0.15, -0.1) is 0 Å². The number of nitrogens with zero attached hydrogens (tertiary/aromatic N) is 4. The third kappa shape index (κ3) is 7.65. The lowest BCUT2D eigenvalue weighted by atomic mass is 9.62. The highest BCUT2D eigenvalue weighted by Crippen LogP contribution is 2.57. The van der Waals surface area contributed by atoms with Crippen LogP contribution >= 0.6 is 0 Å². The van der Waals surface area contributed by atoms with Crippen LogP contribution in [-0.2, 0) is 16.2 Å². The summed E-state index contributed by atoms with van der Waals surface area (Å²) in [6.45, 7) is 21.0. The van der Waals surface area contributed by atoms with Crippen molar-refractivity contribution in [2.45, 2.75) is 57.8 Å². The third-order valence-corrected chi connectivity index (χ3v) is 12.8. The van der Waals surface area contributed by atoms with Crippen molar-refractivity contribution >= 4 is 5.69 Å². The molecule has 0 saturated carbocycles. The van der Waals surface area contributed by atoms with Crippen LogP contribution < -0.4 is 4.74 Å². The minimum atomic E-state index is -0.667. The lowest BCUT2D eigenvalue weighted by Crippen LogP contribution is -2.34. The smallest absolute Gasteiger partial charge is 0.187 e. The predicted octanol–water partition coefficient (Wildman–Crippen LogP) is 15.8. The molecule has 0 radical (unpaired) electrons. The highest BCUT2D eigenvalue weighted by molar-refractivity contribution is 5.83. The molecule has 0 aliphatic carbocycles. The molecule has 320 valence electrons. The Morgan fingerprint density at radius 1 is 0.424 bits per heavy atom. The first-order valence-corrected chi connectivity index (χ1v) is 22.5. The van der Waals surface area contributed by atoms with Crippen LogP contribution in [0.3, 0.4) is 0 Å². The van der Waals surface area contributed by atoms with Gasteiger partial charge in [0, 0.05) is 33.4 Å². The Morgan fingerprint density at radius 3 is 1.45 bits per heavy atom. The van der Waals surface area contributed by atoms with E-state index in [0.29, 0.717) is 23.2 Å². The zero-order chi connectivity index (χ0) is 45.6. The summed E-state index contributed by atoms with van der Waals surface area (Å²) in [7, 11) is 0. The zero-order valence-corrected chi connectivity index (χ0v) is 38.2. The van der Waals surface area contributed by atoms with Crippen LogP contribution in [0.5, 0.6) is 11.5 Å². The molecule has 0 amide bonds. The van der Waals surface area contributed by atoms with Gasteiger partial charge in [-0.1, -0.05) is 217 Å². The van der Waals surface area contributed by atoms with Gasteiger partial charge in [-0.3, -0.25) is 0 Å². The number of aromatic nitrogens is 3. The maximum atomic E-state index is 7.43. The Morgan fingerprint density at radius 2 is 0.879 bits per heavy atom. The number of hydrogen-bond donors (Lipinski definition) is 0. The lowest BCUT2D eigenvalue weighted by molar-refractivity contribution is 0.436. The minimum Gasteiger partial charge on any atom is -0.456 e. The molecule has 8 aromatic carbocycles. The topological polar surface area (TPSA) is 52.3 Å². The largest absolute Gasteiger partial charge is 0.456 e. The second-order valence-electron chi connectivity index (χ2n) is 19.2. The SMILES string of the molecule is [C-]#[N+]c1ccc(-c2nc(-c3ccccc3)nc(-c3cccc(-c4cccc(-c5cccc6c5Oc5ccccc5C6(c5ccc(C(C)(C)C)cc5)c5ccc(C(C)(C)C)cc5)c4)c3)n2)cc1. The fourth-order valence-corrected chi connectivity index (χ4v) is 9.26. The lowest BCUT2D eigenvalue weighted by Gasteiger charge is -2.42. The van der Waals surface area contributed by atoms with E-state index < -0.39 is 5.41 Å². The second kappa shape index (κ2) is 16.6. The summed E-state index contributed by atoms with van der Waals surface area (Å²) in [5.41, 5.74) is 13.8. The molecule has 0 atom stereocenters. The highest BCUT2D eigenvalue weighted by Gasteiger charge is 2.46. The molecule has 0 bridgehead atoms. The van der Waals surface area contributed by atoms with E-state index in [2.05, 4.69) is 180 Å². The van der Waals surface area contributed by atoms with Gasteiger partial charge in [0.15, 0.2) is 23.2 Å². The van der Waals surface area contributed by atoms with Gasteiger partial charge in [-0.05, 0) is 68.0 Å². The normalized spacial score (nSPS) is 12.9.